The summed E-state index contributed by atoms with van der Waals surface area (Å²) in [6.45, 7) is 0.742. The third-order valence-corrected chi connectivity index (χ3v) is 4.77. The minimum atomic E-state index is -1.34. The third kappa shape index (κ3) is 5.94. The lowest BCUT2D eigenvalue weighted by Crippen LogP contribution is -2.39. The van der Waals surface area contributed by atoms with E-state index < -0.39 is 23.6 Å². The monoisotopic (exact) mass is 433 g/mol. The number of aliphatic carboxylic acids is 2. The number of para-hydroxylation sites is 1. The first-order valence-electron chi connectivity index (χ1n) is 9.61. The first-order chi connectivity index (χ1) is 14.8. The number of rotatable bonds is 8. The molecule has 3 rings (SSSR count). The summed E-state index contributed by atoms with van der Waals surface area (Å²) in [6, 6.07) is 9.45. The van der Waals surface area contributed by atoms with Crippen molar-refractivity contribution in [2.75, 3.05) is 19.7 Å². The van der Waals surface area contributed by atoms with Crippen LogP contribution < -0.4 is 9.47 Å². The van der Waals surface area contributed by atoms with Crippen LogP contribution in [-0.4, -0.2) is 46.7 Å². The van der Waals surface area contributed by atoms with Crippen molar-refractivity contribution < 1.29 is 38.1 Å². The number of benzene rings is 2. The molecule has 9 heteroatoms. The van der Waals surface area contributed by atoms with E-state index in [0.29, 0.717) is 31.2 Å². The minimum absolute atomic E-state index is 0.0805. The van der Waals surface area contributed by atoms with Gasteiger partial charge in [0.15, 0.2) is 17.3 Å². The van der Waals surface area contributed by atoms with Gasteiger partial charge in [-0.15, -0.1) is 0 Å². The predicted octanol–water partition coefficient (Wildman–Crippen LogP) is 3.90. The van der Waals surface area contributed by atoms with Crippen LogP contribution in [0.4, 0.5) is 8.78 Å². The molecular weight excluding hydrogens is 412 g/mol. The third-order valence-electron chi connectivity index (χ3n) is 4.77. The summed E-state index contributed by atoms with van der Waals surface area (Å²) in [5, 5.41) is 18.2. The zero-order chi connectivity index (χ0) is 22.4. The Balaban J connectivity index is 1.70. The summed E-state index contributed by atoms with van der Waals surface area (Å²) in [5.41, 5.74) is -0.302. The van der Waals surface area contributed by atoms with Crippen molar-refractivity contribution in [1.82, 2.24) is 4.90 Å². The minimum Gasteiger partial charge on any atom is -0.487 e. The van der Waals surface area contributed by atoms with Gasteiger partial charge in [0.05, 0.1) is 12.7 Å². The molecule has 1 aliphatic rings. The number of hydrogen-bond acceptors (Lipinski definition) is 5. The van der Waals surface area contributed by atoms with Crippen LogP contribution in [0.3, 0.4) is 0 Å². The Labute approximate surface area is 177 Å². The second-order valence-electron chi connectivity index (χ2n) is 7.06. The highest BCUT2D eigenvalue weighted by molar-refractivity contribution is 5.94. The molecule has 0 aromatic heterocycles. The van der Waals surface area contributed by atoms with E-state index in [9.17, 15) is 23.5 Å². The highest BCUT2D eigenvalue weighted by atomic mass is 19.1. The maximum atomic E-state index is 14.4. The highest BCUT2D eigenvalue weighted by Gasteiger charge is 2.26. The Morgan fingerprint density at radius 3 is 2.55 bits per heavy atom. The number of carboxylic acid groups (broad SMARTS) is 2. The van der Waals surface area contributed by atoms with Crippen LogP contribution in [0.2, 0.25) is 0 Å². The van der Waals surface area contributed by atoms with Crippen molar-refractivity contribution in [3.05, 3.63) is 65.9 Å². The van der Waals surface area contributed by atoms with E-state index in [2.05, 4.69) is 0 Å². The second-order valence-corrected chi connectivity index (χ2v) is 7.06. The zero-order valence-corrected chi connectivity index (χ0v) is 16.5. The first kappa shape index (κ1) is 22.1. The van der Waals surface area contributed by atoms with E-state index >= 15 is 0 Å². The molecule has 0 unspecified atom stereocenters. The molecule has 0 aliphatic carbocycles. The van der Waals surface area contributed by atoms with Gasteiger partial charge in [0, 0.05) is 19.0 Å². The van der Waals surface area contributed by atoms with Gasteiger partial charge in [0.25, 0.3) is 0 Å². The molecule has 164 valence electrons. The van der Waals surface area contributed by atoms with E-state index in [4.69, 9.17) is 14.6 Å². The van der Waals surface area contributed by atoms with E-state index in [0.717, 1.165) is 0 Å². The van der Waals surface area contributed by atoms with Crippen LogP contribution >= 0.6 is 0 Å². The Hall–Kier alpha value is -3.62. The number of piperidine rings is 1. The summed E-state index contributed by atoms with van der Waals surface area (Å²) < 4.78 is 38.8. The summed E-state index contributed by atoms with van der Waals surface area (Å²) >= 11 is 0. The van der Waals surface area contributed by atoms with E-state index in [1.165, 1.54) is 47.4 Å². The molecule has 0 saturated carbocycles. The Morgan fingerprint density at radius 2 is 1.87 bits per heavy atom. The number of ether oxygens (including phenoxy) is 2. The molecule has 2 aromatic carbocycles. The number of halogens is 2. The van der Waals surface area contributed by atoms with Crippen LogP contribution in [0, 0.1) is 17.6 Å². The van der Waals surface area contributed by atoms with Gasteiger partial charge in [0.1, 0.15) is 17.3 Å². The highest BCUT2D eigenvalue weighted by Crippen LogP contribution is 2.34. The summed E-state index contributed by atoms with van der Waals surface area (Å²) in [7, 11) is 0. The number of carboxylic acids is 2. The molecule has 0 radical (unpaired) electrons. The van der Waals surface area contributed by atoms with E-state index in [1.54, 1.807) is 0 Å². The van der Waals surface area contributed by atoms with Gasteiger partial charge >= 0.3 is 11.9 Å². The van der Waals surface area contributed by atoms with Crippen LogP contribution in [-0.2, 0) is 9.59 Å². The molecule has 0 amide bonds. The van der Waals surface area contributed by atoms with Crippen LogP contribution in [0.5, 0.6) is 17.2 Å². The number of hydrogen-bond donors (Lipinski definition) is 2. The predicted molar refractivity (Wildman–Crippen MR) is 106 cm³/mol. The average molecular weight is 433 g/mol. The van der Waals surface area contributed by atoms with Gasteiger partial charge in [-0.3, -0.25) is 0 Å². The number of nitrogens with zero attached hydrogens (tertiary/aromatic N) is 1. The van der Waals surface area contributed by atoms with Crippen molar-refractivity contribution in [3.63, 3.8) is 0 Å². The smallest absolute Gasteiger partial charge is 0.352 e. The van der Waals surface area contributed by atoms with E-state index in [-0.39, 0.29) is 36.3 Å². The first-order valence-corrected chi connectivity index (χ1v) is 9.61. The summed E-state index contributed by atoms with van der Waals surface area (Å²) in [6.07, 6.45) is 2.00. The molecule has 1 saturated heterocycles. The fourth-order valence-electron chi connectivity index (χ4n) is 3.37. The van der Waals surface area contributed by atoms with Crippen molar-refractivity contribution >= 4 is 11.9 Å². The van der Waals surface area contributed by atoms with Gasteiger partial charge in [0.2, 0.25) is 0 Å². The van der Waals surface area contributed by atoms with Crippen LogP contribution in [0.25, 0.3) is 0 Å². The van der Waals surface area contributed by atoms with E-state index in [1.807, 2.05) is 0 Å². The molecular formula is C22H21F2NO6. The molecule has 2 aromatic rings. The molecule has 1 heterocycles. The summed E-state index contributed by atoms with van der Waals surface area (Å²) in [5.74, 6) is -3.56. The molecule has 0 bridgehead atoms. The normalized spacial score (nSPS) is 16.6. The Kier molecular flexibility index (Phi) is 7.07. The standard InChI is InChI=1S/C22H21F2NO6/c23-15-6-8-16(9-7-15)31-19-5-1-4-17(24)21(19)30-13-14-3-2-10-25(12-14)18(22(28)29)11-20(26)27/h1,4-9,11,14H,2-3,10,12-13H2,(H,26,27)(H,28,29)/b18-11-/t14-/m0/s1. The molecule has 7 nitrogen and oxygen atoms in total. The topological polar surface area (TPSA) is 96.3 Å². The van der Waals surface area contributed by atoms with Crippen molar-refractivity contribution in [1.29, 1.82) is 0 Å². The summed E-state index contributed by atoms with van der Waals surface area (Å²) in [4.78, 5) is 23.8. The number of carbonyl (C=O) groups is 2. The van der Waals surface area contributed by atoms with Crippen molar-refractivity contribution in [3.8, 4) is 17.2 Å². The molecule has 0 spiro atoms. The lowest BCUT2D eigenvalue weighted by Gasteiger charge is -2.34. The fourth-order valence-corrected chi connectivity index (χ4v) is 3.37. The lowest BCUT2D eigenvalue weighted by atomic mass is 9.98. The van der Waals surface area contributed by atoms with Gasteiger partial charge < -0.3 is 24.6 Å². The average Bonchev–Trinajstić information content (AvgIpc) is 2.73. The maximum Gasteiger partial charge on any atom is 0.352 e. The van der Waals surface area contributed by atoms with Crippen molar-refractivity contribution in [2.45, 2.75) is 12.8 Å². The largest absolute Gasteiger partial charge is 0.487 e. The second kappa shape index (κ2) is 9.92. The molecule has 1 atom stereocenters. The van der Waals surface area contributed by atoms with Crippen molar-refractivity contribution in [2.24, 2.45) is 5.92 Å². The quantitative estimate of drug-likeness (QED) is 0.610. The maximum absolute atomic E-state index is 14.4. The van der Waals surface area contributed by atoms with Gasteiger partial charge in [-0.1, -0.05) is 6.07 Å². The van der Waals surface area contributed by atoms with Crippen LogP contribution in [0.1, 0.15) is 12.8 Å². The fraction of sp³-hybridized carbons (Fsp3) is 0.273. The Bertz CT molecular complexity index is 976. The van der Waals surface area contributed by atoms with Gasteiger partial charge in [-0.2, -0.15) is 0 Å². The van der Waals surface area contributed by atoms with Gasteiger partial charge in [-0.05, 0) is 49.2 Å². The van der Waals surface area contributed by atoms with Gasteiger partial charge in [-0.25, -0.2) is 18.4 Å². The molecule has 1 aliphatic heterocycles. The molecule has 1 fully saturated rings. The number of likely N-dealkylation sites (tertiary alicyclic amines) is 1. The zero-order valence-electron chi connectivity index (χ0n) is 16.5. The van der Waals surface area contributed by atoms with Crippen LogP contribution in [0.15, 0.2) is 54.2 Å². The molecule has 31 heavy (non-hydrogen) atoms. The lowest BCUT2D eigenvalue weighted by molar-refractivity contribution is -0.136. The molecule has 2 N–H and O–H groups in total. The SMILES string of the molecule is O=C(O)/C=C(/C(=O)O)N1CCC[C@H](COc2c(F)cccc2Oc2ccc(F)cc2)C1. The Morgan fingerprint density at radius 1 is 1.13 bits per heavy atom.